The first kappa shape index (κ1) is 25.6. The van der Waals surface area contributed by atoms with Crippen molar-refractivity contribution in [2.45, 2.75) is 55.3 Å². The maximum absolute atomic E-state index is 13.6. The zero-order chi connectivity index (χ0) is 26.5. The number of sulfone groups is 1. The summed E-state index contributed by atoms with van der Waals surface area (Å²) in [6.07, 6.45) is 4.79. The highest BCUT2D eigenvalue weighted by molar-refractivity contribution is 7.93. The molecule has 10 heteroatoms. The predicted molar refractivity (Wildman–Crippen MR) is 146 cm³/mol. The molecular weight excluding hydrogens is 504 g/mol. The molecule has 204 valence electrons. The Bertz CT molecular complexity index is 1330. The van der Waals surface area contributed by atoms with Crippen molar-refractivity contribution in [3.63, 3.8) is 0 Å². The van der Waals surface area contributed by atoms with Gasteiger partial charge in [-0.2, -0.15) is 0 Å². The molecule has 6 rings (SSSR count). The lowest BCUT2D eigenvalue weighted by Gasteiger charge is -2.38. The van der Waals surface area contributed by atoms with Crippen LogP contribution in [0.3, 0.4) is 0 Å². The van der Waals surface area contributed by atoms with Crippen LogP contribution in [0.2, 0.25) is 0 Å². The van der Waals surface area contributed by atoms with Crippen molar-refractivity contribution >= 4 is 33.1 Å². The quantitative estimate of drug-likeness (QED) is 0.594. The van der Waals surface area contributed by atoms with Crippen LogP contribution in [0.1, 0.15) is 49.9 Å². The van der Waals surface area contributed by atoms with Gasteiger partial charge in [-0.15, -0.1) is 0 Å². The van der Waals surface area contributed by atoms with Gasteiger partial charge in [0.15, 0.2) is 9.84 Å². The van der Waals surface area contributed by atoms with Gasteiger partial charge in [0.2, 0.25) is 0 Å². The number of carbonyl (C=O) groups is 1. The van der Waals surface area contributed by atoms with E-state index in [1.165, 1.54) is 12.8 Å². The number of pyridine rings is 1. The topological polar surface area (TPSA) is 101 Å². The summed E-state index contributed by atoms with van der Waals surface area (Å²) in [4.78, 5) is 22.9. The second kappa shape index (κ2) is 9.50. The van der Waals surface area contributed by atoms with E-state index in [4.69, 9.17) is 9.47 Å². The number of hydrogen-bond acceptors (Lipinski definition) is 8. The van der Waals surface area contributed by atoms with Gasteiger partial charge in [0.25, 0.3) is 5.91 Å². The molecule has 4 heterocycles. The molecule has 2 aromatic rings. The first-order valence-corrected chi connectivity index (χ1v) is 15.0. The number of ether oxygens (including phenoxy) is 2. The van der Waals surface area contributed by atoms with Crippen molar-refractivity contribution in [3.05, 3.63) is 42.0 Å². The predicted octanol–water partition coefficient (Wildman–Crippen LogP) is 3.50. The summed E-state index contributed by atoms with van der Waals surface area (Å²) in [6.45, 7) is 7.87. The van der Waals surface area contributed by atoms with Crippen molar-refractivity contribution in [2.75, 3.05) is 61.1 Å². The smallest absolute Gasteiger partial charge is 0.258 e. The zero-order valence-corrected chi connectivity index (χ0v) is 22.9. The summed E-state index contributed by atoms with van der Waals surface area (Å²) in [5.74, 6) is 0.958. The van der Waals surface area contributed by atoms with E-state index in [1.54, 1.807) is 31.2 Å². The van der Waals surface area contributed by atoms with Gasteiger partial charge in [-0.05, 0) is 75.3 Å². The molecule has 0 unspecified atom stereocenters. The molecule has 1 N–H and O–H groups in total. The summed E-state index contributed by atoms with van der Waals surface area (Å²) in [5, 5.41) is 2.96. The van der Waals surface area contributed by atoms with Gasteiger partial charge >= 0.3 is 0 Å². The minimum absolute atomic E-state index is 0.120. The number of amides is 1. The molecule has 3 aliphatic heterocycles. The van der Waals surface area contributed by atoms with E-state index >= 15 is 0 Å². The third-order valence-corrected chi connectivity index (χ3v) is 11.1. The zero-order valence-electron chi connectivity index (χ0n) is 22.1. The molecule has 4 fully saturated rings. The van der Waals surface area contributed by atoms with Gasteiger partial charge in [0, 0.05) is 26.2 Å². The van der Waals surface area contributed by atoms with Crippen LogP contribution >= 0.6 is 0 Å². The molecule has 1 atom stereocenters. The van der Waals surface area contributed by atoms with Gasteiger partial charge in [0.1, 0.15) is 16.4 Å². The standard InChI is InChI=1S/C28H36N4O5S/c1-20-17-32(14-15-37-20)25-5-3-4-24(29-25)30-26(33)22-7-6-21(38(34,35)27(2)18-36-19-27)16-23(22)31-12-10-28(8-9-28)11-13-31/h3-7,16,20H,8-15,17-19H2,1-2H3,(H,29,30,33)/t20-/m1/s1. The largest absolute Gasteiger partial charge is 0.378 e. The highest BCUT2D eigenvalue weighted by atomic mass is 32.2. The van der Waals surface area contributed by atoms with Crippen molar-refractivity contribution in [2.24, 2.45) is 5.41 Å². The summed E-state index contributed by atoms with van der Waals surface area (Å²) in [6, 6.07) is 10.5. The number of benzene rings is 1. The van der Waals surface area contributed by atoms with Crippen molar-refractivity contribution in [3.8, 4) is 0 Å². The lowest BCUT2D eigenvalue weighted by Crippen LogP contribution is -2.53. The molecule has 1 aromatic carbocycles. The number of anilines is 3. The normalized spacial score (nSPS) is 24.1. The van der Waals surface area contributed by atoms with E-state index in [-0.39, 0.29) is 30.1 Å². The van der Waals surface area contributed by atoms with Gasteiger partial charge in [-0.3, -0.25) is 4.79 Å². The van der Waals surface area contributed by atoms with E-state index in [1.807, 2.05) is 19.1 Å². The average Bonchev–Trinajstić information content (AvgIpc) is 3.66. The van der Waals surface area contributed by atoms with Gasteiger partial charge in [-0.1, -0.05) is 6.07 Å². The fourth-order valence-electron chi connectivity index (χ4n) is 5.74. The minimum Gasteiger partial charge on any atom is -0.378 e. The third-order valence-electron chi connectivity index (χ3n) is 8.65. The molecule has 0 bridgehead atoms. The number of nitrogens with zero attached hydrogens (tertiary/aromatic N) is 3. The first-order valence-electron chi connectivity index (χ1n) is 13.5. The SMILES string of the molecule is C[C@@H]1CN(c2cccc(NC(=O)c3ccc(S(=O)(=O)C4(C)COC4)cc3N3CCC4(CC3)CC4)n2)CCO1. The molecule has 1 aromatic heterocycles. The molecule has 1 saturated carbocycles. The first-order chi connectivity index (χ1) is 18.2. The van der Waals surface area contributed by atoms with Crippen LogP contribution in [0, 0.1) is 5.41 Å². The Hall–Kier alpha value is -2.69. The van der Waals surface area contributed by atoms with E-state index < -0.39 is 14.6 Å². The molecule has 3 saturated heterocycles. The van der Waals surface area contributed by atoms with Gasteiger partial charge < -0.3 is 24.6 Å². The van der Waals surface area contributed by atoms with Crippen LogP contribution in [0.4, 0.5) is 17.3 Å². The molecule has 1 aliphatic carbocycles. The van der Waals surface area contributed by atoms with Crippen molar-refractivity contribution < 1.29 is 22.7 Å². The molecule has 1 amide bonds. The fraction of sp³-hybridized carbons (Fsp3) is 0.571. The Labute approximate surface area is 224 Å². The van der Waals surface area contributed by atoms with Crippen LogP contribution < -0.4 is 15.1 Å². The fourth-order valence-corrected chi connectivity index (χ4v) is 7.30. The number of hydrogen-bond donors (Lipinski definition) is 1. The number of rotatable bonds is 6. The number of carbonyl (C=O) groups excluding carboxylic acids is 1. The number of piperidine rings is 1. The average molecular weight is 541 g/mol. The van der Waals surface area contributed by atoms with E-state index in [2.05, 4.69) is 20.1 Å². The molecule has 0 radical (unpaired) electrons. The summed E-state index contributed by atoms with van der Waals surface area (Å²) in [7, 11) is -3.61. The third kappa shape index (κ3) is 4.67. The number of aromatic nitrogens is 1. The maximum atomic E-state index is 13.6. The summed E-state index contributed by atoms with van der Waals surface area (Å²) in [5.41, 5.74) is 1.58. The molecule has 38 heavy (non-hydrogen) atoms. The van der Waals surface area contributed by atoms with Crippen LogP contribution in [-0.2, 0) is 19.3 Å². The Morgan fingerprint density at radius 1 is 1.05 bits per heavy atom. The van der Waals surface area contributed by atoms with Crippen LogP contribution in [0.25, 0.3) is 0 Å². The lowest BCUT2D eigenvalue weighted by molar-refractivity contribution is -0.00490. The molecule has 1 spiro atoms. The highest BCUT2D eigenvalue weighted by Crippen LogP contribution is 2.54. The summed E-state index contributed by atoms with van der Waals surface area (Å²) < 4.78 is 36.8. The lowest BCUT2D eigenvalue weighted by atomic mass is 9.93. The molecular formula is C28H36N4O5S. The van der Waals surface area contributed by atoms with Crippen molar-refractivity contribution in [1.82, 2.24) is 4.98 Å². The van der Waals surface area contributed by atoms with Crippen molar-refractivity contribution in [1.29, 1.82) is 0 Å². The van der Waals surface area contributed by atoms with E-state index in [0.29, 0.717) is 29.1 Å². The Morgan fingerprint density at radius 3 is 2.47 bits per heavy atom. The molecule has 9 nitrogen and oxygen atoms in total. The van der Waals surface area contributed by atoms with Crippen LogP contribution in [0.5, 0.6) is 0 Å². The highest BCUT2D eigenvalue weighted by Gasteiger charge is 2.48. The van der Waals surface area contributed by atoms with Gasteiger partial charge in [0.05, 0.1) is 42.1 Å². The summed E-state index contributed by atoms with van der Waals surface area (Å²) >= 11 is 0. The second-order valence-corrected chi connectivity index (χ2v) is 14.0. The Morgan fingerprint density at radius 2 is 1.82 bits per heavy atom. The minimum atomic E-state index is -3.61. The second-order valence-electron chi connectivity index (χ2n) is 11.6. The number of morpholine rings is 1. The monoisotopic (exact) mass is 540 g/mol. The van der Waals surface area contributed by atoms with Gasteiger partial charge in [-0.25, -0.2) is 13.4 Å². The Kier molecular flexibility index (Phi) is 6.39. The number of nitrogens with one attached hydrogen (secondary N) is 1. The van der Waals surface area contributed by atoms with E-state index in [9.17, 15) is 13.2 Å². The maximum Gasteiger partial charge on any atom is 0.258 e. The molecule has 4 aliphatic rings. The van der Waals surface area contributed by atoms with Crippen LogP contribution in [0.15, 0.2) is 41.3 Å². The van der Waals surface area contributed by atoms with Crippen LogP contribution in [-0.4, -0.2) is 76.2 Å². The van der Waals surface area contributed by atoms with E-state index in [0.717, 1.165) is 44.8 Å². The Balaban J connectivity index is 1.28.